The molecule has 1 aliphatic rings. The van der Waals surface area contributed by atoms with Crippen LogP contribution in [0.25, 0.3) is 28.2 Å². The van der Waals surface area contributed by atoms with Crippen LogP contribution < -0.4 is 10.6 Å². The maximum absolute atomic E-state index is 6.01. The fraction of sp³-hybridized carbons (Fsp3) is 0.0833. The molecular weight excluding hydrogens is 344 g/mol. The quantitative estimate of drug-likeness (QED) is 0.521. The highest BCUT2D eigenvalue weighted by Gasteiger charge is 2.20. The number of benzene rings is 3. The van der Waals surface area contributed by atoms with Crippen LogP contribution in [-0.4, -0.2) is 16.5 Å². The van der Waals surface area contributed by atoms with Crippen molar-refractivity contribution >= 4 is 34.3 Å². The summed E-state index contributed by atoms with van der Waals surface area (Å²) in [5.41, 5.74) is 13.6. The zero-order valence-electron chi connectivity index (χ0n) is 15.6. The summed E-state index contributed by atoms with van der Waals surface area (Å²) >= 11 is 0. The third-order valence-corrected chi connectivity index (χ3v) is 5.26. The van der Waals surface area contributed by atoms with Crippen molar-refractivity contribution in [2.45, 2.75) is 6.92 Å². The lowest BCUT2D eigenvalue weighted by molar-refractivity contribution is 1.07. The van der Waals surface area contributed by atoms with E-state index in [0.29, 0.717) is 5.95 Å². The van der Waals surface area contributed by atoms with Gasteiger partial charge in [0.15, 0.2) is 0 Å². The molecule has 0 fully saturated rings. The Morgan fingerprint density at radius 2 is 1.64 bits per heavy atom. The summed E-state index contributed by atoms with van der Waals surface area (Å²) in [6.45, 7) is 2.98. The first-order valence-electron chi connectivity index (χ1n) is 9.38. The molecule has 4 aromatic rings. The lowest BCUT2D eigenvalue weighted by atomic mass is 9.99. The van der Waals surface area contributed by atoms with Crippen LogP contribution >= 0.6 is 0 Å². The van der Waals surface area contributed by atoms with Crippen molar-refractivity contribution in [1.82, 2.24) is 9.97 Å². The van der Waals surface area contributed by atoms with Gasteiger partial charge >= 0.3 is 0 Å². The number of fused-ring (bicyclic) bond motifs is 2. The highest BCUT2D eigenvalue weighted by atomic mass is 15.1. The Labute approximate surface area is 164 Å². The highest BCUT2D eigenvalue weighted by molar-refractivity contribution is 5.99. The van der Waals surface area contributed by atoms with Crippen molar-refractivity contribution in [2.24, 2.45) is 0 Å². The number of hydrogen-bond donors (Lipinski definition) is 1. The van der Waals surface area contributed by atoms with E-state index in [2.05, 4.69) is 76.4 Å². The van der Waals surface area contributed by atoms with Crippen molar-refractivity contribution < 1.29 is 0 Å². The summed E-state index contributed by atoms with van der Waals surface area (Å²) < 4.78 is 0. The van der Waals surface area contributed by atoms with Gasteiger partial charge in [-0.1, -0.05) is 60.7 Å². The van der Waals surface area contributed by atoms with Crippen molar-refractivity contribution in [2.75, 3.05) is 17.2 Å². The monoisotopic (exact) mass is 364 g/mol. The van der Waals surface area contributed by atoms with Crippen LogP contribution in [0.15, 0.2) is 72.8 Å². The molecule has 0 radical (unpaired) electrons. The highest BCUT2D eigenvalue weighted by Crippen LogP contribution is 2.39. The van der Waals surface area contributed by atoms with Gasteiger partial charge in [0, 0.05) is 28.9 Å². The molecule has 4 heteroatoms. The van der Waals surface area contributed by atoms with E-state index in [1.165, 1.54) is 11.3 Å². The Hall–Kier alpha value is -3.66. The number of nitrogens with two attached hydrogens (primary N) is 1. The zero-order chi connectivity index (χ0) is 19.1. The van der Waals surface area contributed by atoms with Crippen LogP contribution in [0.1, 0.15) is 11.1 Å². The summed E-state index contributed by atoms with van der Waals surface area (Å²) in [5, 5.41) is 1.05. The fourth-order valence-electron chi connectivity index (χ4n) is 3.98. The van der Waals surface area contributed by atoms with Gasteiger partial charge in [-0.2, -0.15) is 0 Å². The van der Waals surface area contributed by atoms with Crippen LogP contribution in [0.5, 0.6) is 0 Å². The van der Waals surface area contributed by atoms with Gasteiger partial charge in [-0.25, -0.2) is 9.97 Å². The number of para-hydroxylation sites is 1. The molecule has 4 nitrogen and oxygen atoms in total. The average Bonchev–Trinajstić information content (AvgIpc) is 2.74. The Bertz CT molecular complexity index is 1210. The summed E-state index contributed by atoms with van der Waals surface area (Å²) in [6, 6.07) is 22.8. The smallest absolute Gasteiger partial charge is 0.221 e. The Morgan fingerprint density at radius 3 is 2.50 bits per heavy atom. The van der Waals surface area contributed by atoms with E-state index in [1.807, 2.05) is 24.3 Å². The molecule has 0 saturated carbocycles. The van der Waals surface area contributed by atoms with Crippen molar-refractivity contribution in [3.8, 4) is 11.3 Å². The predicted molar refractivity (Wildman–Crippen MR) is 117 cm³/mol. The first-order chi connectivity index (χ1) is 13.7. The minimum atomic E-state index is 0.296. The molecule has 0 bridgehead atoms. The van der Waals surface area contributed by atoms with Crippen molar-refractivity contribution in [3.63, 3.8) is 0 Å². The molecule has 0 unspecified atom stereocenters. The van der Waals surface area contributed by atoms with Crippen LogP contribution in [0.2, 0.25) is 0 Å². The number of rotatable bonds is 2. The van der Waals surface area contributed by atoms with E-state index in [-0.39, 0.29) is 0 Å². The molecule has 0 saturated heterocycles. The maximum Gasteiger partial charge on any atom is 0.221 e. The molecule has 3 aromatic carbocycles. The fourth-order valence-corrected chi connectivity index (χ4v) is 3.98. The van der Waals surface area contributed by atoms with Gasteiger partial charge in [0.1, 0.15) is 0 Å². The average molecular weight is 364 g/mol. The maximum atomic E-state index is 6.01. The minimum absolute atomic E-state index is 0.296. The van der Waals surface area contributed by atoms with E-state index in [1.54, 1.807) is 0 Å². The number of anilines is 3. The van der Waals surface area contributed by atoms with Crippen LogP contribution in [0.3, 0.4) is 0 Å². The predicted octanol–water partition coefficient (Wildman–Crippen LogP) is 5.35. The molecule has 5 rings (SSSR count). The van der Waals surface area contributed by atoms with E-state index in [9.17, 15) is 0 Å². The number of nitrogens with zero attached hydrogens (tertiary/aromatic N) is 3. The first kappa shape index (κ1) is 16.5. The largest absolute Gasteiger partial charge is 0.368 e. The molecule has 136 valence electrons. The summed E-state index contributed by atoms with van der Waals surface area (Å²) in [6.07, 6.45) is 4.38. The molecule has 0 spiro atoms. The standard InChI is InChI=1S/C24H20N4/c1-16-20(28-15-7-11-17-8-5-6-12-21(17)28)14-13-19-22(16)23(27-24(25)26-19)18-9-3-2-4-10-18/h2-14H,15H2,1H3,(H2,25,26,27). The molecule has 2 heterocycles. The third-order valence-electron chi connectivity index (χ3n) is 5.26. The summed E-state index contributed by atoms with van der Waals surface area (Å²) in [7, 11) is 0. The van der Waals surface area contributed by atoms with E-state index >= 15 is 0 Å². The summed E-state index contributed by atoms with van der Waals surface area (Å²) in [5.74, 6) is 0.296. The van der Waals surface area contributed by atoms with E-state index in [4.69, 9.17) is 5.73 Å². The first-order valence-corrected chi connectivity index (χ1v) is 9.38. The van der Waals surface area contributed by atoms with Crippen molar-refractivity contribution in [1.29, 1.82) is 0 Å². The second kappa shape index (κ2) is 6.50. The van der Waals surface area contributed by atoms with Crippen LogP contribution in [0.4, 0.5) is 17.3 Å². The minimum Gasteiger partial charge on any atom is -0.368 e. The molecule has 2 N–H and O–H groups in total. The molecule has 0 amide bonds. The van der Waals surface area contributed by atoms with E-state index in [0.717, 1.165) is 40.0 Å². The molecule has 28 heavy (non-hydrogen) atoms. The Kier molecular flexibility index (Phi) is 3.83. The molecule has 1 aliphatic heterocycles. The second-order valence-corrected chi connectivity index (χ2v) is 6.97. The van der Waals surface area contributed by atoms with E-state index < -0.39 is 0 Å². The van der Waals surface area contributed by atoms with Crippen LogP contribution in [-0.2, 0) is 0 Å². The van der Waals surface area contributed by atoms with Gasteiger partial charge in [0.25, 0.3) is 0 Å². The summed E-state index contributed by atoms with van der Waals surface area (Å²) in [4.78, 5) is 11.4. The van der Waals surface area contributed by atoms with Gasteiger partial charge in [-0.15, -0.1) is 0 Å². The lowest BCUT2D eigenvalue weighted by Crippen LogP contribution is -2.21. The van der Waals surface area contributed by atoms with Gasteiger partial charge in [-0.3, -0.25) is 0 Å². The van der Waals surface area contributed by atoms with Crippen LogP contribution in [0, 0.1) is 6.92 Å². The molecular formula is C24H20N4. The zero-order valence-corrected chi connectivity index (χ0v) is 15.6. The van der Waals surface area contributed by atoms with Crippen molar-refractivity contribution in [3.05, 3.63) is 83.9 Å². The van der Waals surface area contributed by atoms with Gasteiger partial charge in [-0.05, 0) is 36.2 Å². The lowest BCUT2D eigenvalue weighted by Gasteiger charge is -2.30. The topological polar surface area (TPSA) is 55.0 Å². The van der Waals surface area contributed by atoms with Gasteiger partial charge < -0.3 is 10.6 Å². The number of aromatic nitrogens is 2. The Morgan fingerprint density at radius 1 is 0.857 bits per heavy atom. The SMILES string of the molecule is Cc1c(N2CC=Cc3ccccc32)ccc2nc(N)nc(-c3ccccc3)c12. The Balaban J connectivity index is 1.76. The molecule has 0 aliphatic carbocycles. The number of aryl methyl sites for hydroxylation is 1. The number of nitrogen functional groups attached to an aromatic ring is 1. The normalized spacial score (nSPS) is 13.0. The number of hydrogen-bond acceptors (Lipinski definition) is 4. The molecule has 1 aromatic heterocycles. The molecule has 0 atom stereocenters. The van der Waals surface area contributed by atoms with Gasteiger partial charge in [0.05, 0.1) is 11.2 Å². The van der Waals surface area contributed by atoms with Gasteiger partial charge in [0.2, 0.25) is 5.95 Å². The second-order valence-electron chi connectivity index (χ2n) is 6.97. The third kappa shape index (κ3) is 2.62.